The van der Waals surface area contributed by atoms with E-state index in [1.54, 1.807) is 14.2 Å². The van der Waals surface area contributed by atoms with Crippen molar-refractivity contribution >= 4 is 6.09 Å². The van der Waals surface area contributed by atoms with Crippen molar-refractivity contribution in [2.45, 2.75) is 24.9 Å². The van der Waals surface area contributed by atoms with Crippen LogP contribution in [0.25, 0.3) is 0 Å². The van der Waals surface area contributed by atoms with E-state index in [1.807, 2.05) is 36.4 Å². The minimum absolute atomic E-state index is 0.0811. The Morgan fingerprint density at radius 1 is 1.24 bits per heavy atom. The topological polar surface area (TPSA) is 48.0 Å². The van der Waals surface area contributed by atoms with Crippen LogP contribution in [-0.4, -0.2) is 62.8 Å². The van der Waals surface area contributed by atoms with E-state index < -0.39 is 0 Å². The molecule has 3 atom stereocenters. The number of amides is 1. The minimum Gasteiger partial charge on any atom is -0.494 e. The third-order valence-electron chi connectivity index (χ3n) is 5.27. The number of benzene rings is 1. The molecule has 1 aromatic rings. The highest BCUT2D eigenvalue weighted by molar-refractivity contribution is 5.61. The summed E-state index contributed by atoms with van der Waals surface area (Å²) in [6.45, 7) is 1.95. The Labute approximate surface area is 149 Å². The number of rotatable bonds is 5. The predicted octanol–water partition coefficient (Wildman–Crippen LogP) is 2.88. The standard InChI is InChI=1S/C19H27N2O4/c1-23-14-16-10-7-12-20(16)21(19(22)25-3)13-11-17(24-2)18(21)15-8-5-4-6-9-15/h4-6,8-9,11,16,18H,7,10,12-14H2,1-3H3/q+1/t16-,18-,21?/m0/s1. The first-order chi connectivity index (χ1) is 12.2. The number of carbonyl (C=O) groups is 1. The van der Waals surface area contributed by atoms with Gasteiger partial charge in [-0.05, 0) is 12.8 Å². The molecule has 1 amide bonds. The van der Waals surface area contributed by atoms with Gasteiger partial charge >= 0.3 is 6.09 Å². The minimum atomic E-state index is -0.264. The Kier molecular flexibility index (Phi) is 5.42. The highest BCUT2D eigenvalue weighted by Gasteiger charge is 2.59. The van der Waals surface area contributed by atoms with Gasteiger partial charge in [0.1, 0.15) is 6.54 Å². The SMILES string of the molecule is COC[C@@H]1CCCN1[N+]1(C(=O)OC)CC=C(OC)[C@@H]1c1ccccc1. The zero-order chi connectivity index (χ0) is 17.9. The zero-order valence-electron chi connectivity index (χ0n) is 15.2. The van der Waals surface area contributed by atoms with Crippen LogP contribution in [0.1, 0.15) is 24.4 Å². The Morgan fingerprint density at radius 3 is 2.64 bits per heavy atom. The molecule has 1 aromatic carbocycles. The summed E-state index contributed by atoms with van der Waals surface area (Å²) >= 11 is 0. The molecular weight excluding hydrogens is 320 g/mol. The number of hydrogen-bond acceptors (Lipinski definition) is 5. The van der Waals surface area contributed by atoms with Gasteiger partial charge in [-0.25, -0.2) is 0 Å². The van der Waals surface area contributed by atoms with Crippen LogP contribution in [0.3, 0.4) is 0 Å². The molecule has 0 aliphatic carbocycles. The molecule has 1 saturated heterocycles. The van der Waals surface area contributed by atoms with Crippen LogP contribution in [0, 0.1) is 0 Å². The van der Waals surface area contributed by atoms with Gasteiger partial charge in [-0.3, -0.25) is 0 Å². The van der Waals surface area contributed by atoms with Crippen LogP contribution in [0.2, 0.25) is 0 Å². The quantitative estimate of drug-likeness (QED) is 0.767. The summed E-state index contributed by atoms with van der Waals surface area (Å²) in [6.07, 6.45) is 3.79. The lowest BCUT2D eigenvalue weighted by atomic mass is 10.0. The van der Waals surface area contributed by atoms with Crippen LogP contribution < -0.4 is 0 Å². The molecular formula is C19H27N2O4+. The molecule has 6 nitrogen and oxygen atoms in total. The molecule has 25 heavy (non-hydrogen) atoms. The highest BCUT2D eigenvalue weighted by Crippen LogP contribution is 2.45. The van der Waals surface area contributed by atoms with Gasteiger partial charge in [0.15, 0.2) is 5.76 Å². The molecule has 0 N–H and O–H groups in total. The van der Waals surface area contributed by atoms with Gasteiger partial charge in [-0.1, -0.05) is 30.3 Å². The second-order valence-corrected chi connectivity index (χ2v) is 6.52. The first-order valence-corrected chi connectivity index (χ1v) is 8.70. The Morgan fingerprint density at radius 2 is 2.00 bits per heavy atom. The Balaban J connectivity index is 2.09. The summed E-state index contributed by atoms with van der Waals surface area (Å²) in [7, 11) is 4.82. The van der Waals surface area contributed by atoms with Crippen molar-refractivity contribution in [2.24, 2.45) is 0 Å². The maximum Gasteiger partial charge on any atom is 0.537 e. The van der Waals surface area contributed by atoms with Crippen molar-refractivity contribution < 1.29 is 23.6 Å². The molecule has 136 valence electrons. The number of methoxy groups -OCH3 is 3. The average Bonchev–Trinajstić information content (AvgIpc) is 3.27. The summed E-state index contributed by atoms with van der Waals surface area (Å²) < 4.78 is 16.4. The summed E-state index contributed by atoms with van der Waals surface area (Å²) in [6, 6.07) is 9.98. The summed E-state index contributed by atoms with van der Waals surface area (Å²) in [4.78, 5) is 13.1. The van der Waals surface area contributed by atoms with E-state index in [0.29, 0.717) is 13.2 Å². The molecule has 0 spiro atoms. The molecule has 2 aliphatic rings. The molecule has 0 bridgehead atoms. The van der Waals surface area contributed by atoms with Crippen LogP contribution in [0.4, 0.5) is 4.79 Å². The van der Waals surface area contributed by atoms with E-state index in [2.05, 4.69) is 5.01 Å². The van der Waals surface area contributed by atoms with Crippen molar-refractivity contribution in [3.63, 3.8) is 0 Å². The highest BCUT2D eigenvalue weighted by atomic mass is 16.6. The van der Waals surface area contributed by atoms with E-state index in [9.17, 15) is 4.79 Å². The number of carbonyl (C=O) groups excluding carboxylic acids is 1. The van der Waals surface area contributed by atoms with Gasteiger partial charge in [-0.15, -0.1) is 9.60 Å². The zero-order valence-corrected chi connectivity index (χ0v) is 15.2. The lowest BCUT2D eigenvalue weighted by Gasteiger charge is -2.44. The van der Waals surface area contributed by atoms with E-state index in [-0.39, 0.29) is 22.8 Å². The molecule has 1 unspecified atom stereocenters. The largest absolute Gasteiger partial charge is 0.537 e. The molecule has 3 rings (SSSR count). The van der Waals surface area contributed by atoms with Gasteiger partial charge in [0.25, 0.3) is 0 Å². The lowest BCUT2D eigenvalue weighted by molar-refractivity contribution is -0.987. The molecule has 2 aliphatic heterocycles. The molecule has 1 fully saturated rings. The first kappa shape index (κ1) is 17.9. The van der Waals surface area contributed by atoms with Crippen LogP contribution >= 0.6 is 0 Å². The van der Waals surface area contributed by atoms with Gasteiger partial charge < -0.3 is 14.2 Å². The van der Waals surface area contributed by atoms with Crippen molar-refractivity contribution in [1.82, 2.24) is 5.01 Å². The molecule has 2 heterocycles. The van der Waals surface area contributed by atoms with Gasteiger partial charge in [0.05, 0.1) is 26.9 Å². The van der Waals surface area contributed by atoms with Crippen molar-refractivity contribution in [3.8, 4) is 0 Å². The second-order valence-electron chi connectivity index (χ2n) is 6.52. The van der Waals surface area contributed by atoms with Crippen LogP contribution in [-0.2, 0) is 14.2 Å². The van der Waals surface area contributed by atoms with E-state index in [4.69, 9.17) is 14.2 Å². The van der Waals surface area contributed by atoms with Gasteiger partial charge in [-0.2, -0.15) is 4.79 Å². The van der Waals surface area contributed by atoms with Crippen molar-refractivity contribution in [3.05, 3.63) is 47.7 Å². The van der Waals surface area contributed by atoms with Crippen LogP contribution in [0.5, 0.6) is 0 Å². The maximum absolute atomic E-state index is 13.1. The third-order valence-corrected chi connectivity index (χ3v) is 5.27. The Hall–Kier alpha value is -1.89. The monoisotopic (exact) mass is 347 g/mol. The maximum atomic E-state index is 13.1. The lowest BCUT2D eigenvalue weighted by Crippen LogP contribution is -2.65. The fraction of sp³-hybridized carbons (Fsp3) is 0.526. The van der Waals surface area contributed by atoms with E-state index in [1.165, 1.54) is 7.11 Å². The number of quaternary nitrogens is 1. The summed E-state index contributed by atoms with van der Waals surface area (Å²) in [5.41, 5.74) is 1.04. The number of hydrogen-bond donors (Lipinski definition) is 0. The average molecular weight is 347 g/mol. The van der Waals surface area contributed by atoms with Crippen molar-refractivity contribution in [2.75, 3.05) is 41.0 Å². The first-order valence-electron chi connectivity index (χ1n) is 8.70. The molecule has 6 heteroatoms. The fourth-order valence-electron chi connectivity index (χ4n) is 4.25. The van der Waals surface area contributed by atoms with Gasteiger partial charge in [0.2, 0.25) is 6.04 Å². The van der Waals surface area contributed by atoms with E-state index >= 15 is 0 Å². The molecule has 0 aromatic heterocycles. The van der Waals surface area contributed by atoms with Crippen LogP contribution in [0.15, 0.2) is 42.2 Å². The normalized spacial score (nSPS) is 29.5. The Bertz CT molecular complexity index is 634. The van der Waals surface area contributed by atoms with E-state index in [0.717, 1.165) is 30.7 Å². The molecule has 0 radical (unpaired) electrons. The third kappa shape index (κ3) is 2.94. The fourth-order valence-corrected chi connectivity index (χ4v) is 4.25. The number of ether oxygens (including phenoxy) is 3. The second kappa shape index (κ2) is 7.56. The smallest absolute Gasteiger partial charge is 0.494 e. The van der Waals surface area contributed by atoms with Crippen molar-refractivity contribution in [1.29, 1.82) is 0 Å². The summed E-state index contributed by atoms with van der Waals surface area (Å²) in [5.74, 6) is 0.805. The molecule has 0 saturated carbocycles. The predicted molar refractivity (Wildman–Crippen MR) is 93.4 cm³/mol. The number of nitrogens with zero attached hydrogens (tertiary/aromatic N) is 2. The van der Waals surface area contributed by atoms with Gasteiger partial charge in [0, 0.05) is 25.3 Å². The summed E-state index contributed by atoms with van der Waals surface area (Å²) in [5, 5.41) is 2.23.